The third kappa shape index (κ3) is 3.18. The number of hydrogen-bond donors (Lipinski definition) is 1. The Kier molecular flexibility index (Phi) is 4.21. The van der Waals surface area contributed by atoms with Crippen molar-refractivity contribution in [2.24, 2.45) is 5.73 Å². The lowest BCUT2D eigenvalue weighted by Gasteiger charge is -2.39. The van der Waals surface area contributed by atoms with Crippen LogP contribution in [0.5, 0.6) is 0 Å². The van der Waals surface area contributed by atoms with Gasteiger partial charge in [-0.15, -0.1) is 0 Å². The van der Waals surface area contributed by atoms with Crippen LogP contribution in [0.1, 0.15) is 23.0 Å². The molecule has 7 heteroatoms. The van der Waals surface area contributed by atoms with Gasteiger partial charge >= 0.3 is 0 Å². The normalized spacial score (nSPS) is 18.5. The second kappa shape index (κ2) is 5.90. The Hall–Kier alpha value is -2.44. The molecule has 7 nitrogen and oxygen atoms in total. The zero-order chi connectivity index (χ0) is 15.6. The minimum absolute atomic E-state index is 0.134. The Labute approximate surface area is 122 Å². The summed E-state index contributed by atoms with van der Waals surface area (Å²) in [6, 6.07) is 2.59. The summed E-state index contributed by atoms with van der Waals surface area (Å²) in [4.78, 5) is 42.5. The van der Waals surface area contributed by atoms with E-state index in [0.29, 0.717) is 12.1 Å². The topological polar surface area (TPSA) is 96.6 Å². The Balaban J connectivity index is 2.21. The van der Waals surface area contributed by atoms with Crippen molar-refractivity contribution < 1.29 is 14.4 Å². The summed E-state index contributed by atoms with van der Waals surface area (Å²) in [5, 5.41) is 0. The molecule has 3 amide bonds. The van der Waals surface area contributed by atoms with Gasteiger partial charge in [-0.2, -0.15) is 0 Å². The molecule has 1 aliphatic rings. The van der Waals surface area contributed by atoms with Crippen LogP contribution in [0, 0.1) is 6.92 Å². The van der Waals surface area contributed by atoms with Crippen LogP contribution in [-0.4, -0.2) is 58.2 Å². The molecule has 2 N–H and O–H groups in total. The number of hydrogen-bond acceptors (Lipinski definition) is 4. The lowest BCUT2D eigenvalue weighted by Crippen LogP contribution is -2.60. The number of aromatic nitrogens is 1. The summed E-state index contributed by atoms with van der Waals surface area (Å²) in [6.45, 7) is 4.06. The first-order valence-electron chi connectivity index (χ1n) is 6.68. The largest absolute Gasteiger partial charge is 0.368 e. The minimum atomic E-state index is -0.809. The first-order valence-corrected chi connectivity index (χ1v) is 6.68. The molecule has 0 spiro atoms. The first kappa shape index (κ1) is 15.0. The lowest BCUT2D eigenvalue weighted by molar-refractivity contribution is -0.134. The summed E-state index contributed by atoms with van der Waals surface area (Å²) in [6.07, 6.45) is 1.48. The van der Waals surface area contributed by atoms with Gasteiger partial charge in [0.25, 0.3) is 5.91 Å². The monoisotopic (exact) mass is 290 g/mol. The number of nitrogens with two attached hydrogens (primary N) is 1. The minimum Gasteiger partial charge on any atom is -0.368 e. The van der Waals surface area contributed by atoms with E-state index < -0.39 is 11.9 Å². The van der Waals surface area contributed by atoms with Gasteiger partial charge in [-0.25, -0.2) is 0 Å². The Morgan fingerprint density at radius 2 is 2.00 bits per heavy atom. The predicted molar refractivity (Wildman–Crippen MR) is 75.2 cm³/mol. The second-order valence-corrected chi connectivity index (χ2v) is 5.07. The fourth-order valence-corrected chi connectivity index (χ4v) is 2.32. The van der Waals surface area contributed by atoms with Crippen molar-refractivity contribution >= 4 is 17.7 Å². The summed E-state index contributed by atoms with van der Waals surface area (Å²) in [5.74, 6) is -1.05. The van der Waals surface area contributed by atoms with E-state index >= 15 is 0 Å². The molecule has 0 bridgehead atoms. The van der Waals surface area contributed by atoms with E-state index in [1.54, 1.807) is 12.1 Å². The highest BCUT2D eigenvalue weighted by Gasteiger charge is 2.35. The maximum absolute atomic E-state index is 12.5. The molecule has 1 saturated heterocycles. The fraction of sp³-hybridized carbons (Fsp3) is 0.429. The average molecular weight is 290 g/mol. The molecule has 1 aromatic rings. The van der Waals surface area contributed by atoms with Crippen LogP contribution in [0.15, 0.2) is 18.3 Å². The number of rotatable bonds is 2. The van der Waals surface area contributed by atoms with E-state index in [1.165, 1.54) is 22.9 Å². The van der Waals surface area contributed by atoms with Crippen LogP contribution in [-0.2, 0) is 9.59 Å². The van der Waals surface area contributed by atoms with Gasteiger partial charge in [0, 0.05) is 31.9 Å². The molecule has 0 aromatic carbocycles. The Bertz CT molecular complexity index is 570. The van der Waals surface area contributed by atoms with Crippen molar-refractivity contribution in [2.75, 3.05) is 19.6 Å². The van der Waals surface area contributed by atoms with E-state index in [9.17, 15) is 14.4 Å². The molecule has 21 heavy (non-hydrogen) atoms. The van der Waals surface area contributed by atoms with Gasteiger partial charge in [-0.3, -0.25) is 19.4 Å². The number of pyridine rings is 1. The summed E-state index contributed by atoms with van der Waals surface area (Å²) >= 11 is 0. The van der Waals surface area contributed by atoms with Gasteiger partial charge in [-0.05, 0) is 19.1 Å². The smallest absolute Gasteiger partial charge is 0.256 e. The number of aryl methyl sites for hydroxylation is 1. The van der Waals surface area contributed by atoms with Crippen LogP contribution in [0.4, 0.5) is 0 Å². The number of piperazine rings is 1. The highest BCUT2D eigenvalue weighted by Crippen LogP contribution is 2.14. The van der Waals surface area contributed by atoms with Gasteiger partial charge in [0.15, 0.2) is 0 Å². The second-order valence-electron chi connectivity index (χ2n) is 5.07. The molecule has 1 fully saturated rings. The predicted octanol–water partition coefficient (Wildman–Crippen LogP) is -0.452. The maximum Gasteiger partial charge on any atom is 0.256 e. The Morgan fingerprint density at radius 1 is 1.29 bits per heavy atom. The van der Waals surface area contributed by atoms with E-state index in [0.717, 1.165) is 5.69 Å². The van der Waals surface area contributed by atoms with Crippen LogP contribution in [0.3, 0.4) is 0 Å². The van der Waals surface area contributed by atoms with Crippen molar-refractivity contribution in [3.8, 4) is 0 Å². The lowest BCUT2D eigenvalue weighted by atomic mass is 10.1. The van der Waals surface area contributed by atoms with Crippen LogP contribution in [0.25, 0.3) is 0 Å². The third-order valence-electron chi connectivity index (χ3n) is 3.57. The summed E-state index contributed by atoms with van der Waals surface area (Å²) in [7, 11) is 0. The van der Waals surface area contributed by atoms with E-state index in [4.69, 9.17) is 5.73 Å². The molecular weight excluding hydrogens is 272 g/mol. The zero-order valence-corrected chi connectivity index (χ0v) is 12.1. The summed E-state index contributed by atoms with van der Waals surface area (Å²) in [5.41, 5.74) is 6.58. The number of primary amides is 1. The molecule has 2 heterocycles. The third-order valence-corrected chi connectivity index (χ3v) is 3.57. The zero-order valence-electron chi connectivity index (χ0n) is 12.1. The number of nitrogens with zero attached hydrogens (tertiary/aromatic N) is 3. The number of amides is 3. The first-order chi connectivity index (χ1) is 9.90. The van der Waals surface area contributed by atoms with E-state index in [2.05, 4.69) is 4.98 Å². The van der Waals surface area contributed by atoms with Gasteiger partial charge < -0.3 is 15.5 Å². The van der Waals surface area contributed by atoms with Crippen molar-refractivity contribution in [2.45, 2.75) is 19.9 Å². The molecule has 1 aliphatic heterocycles. The van der Waals surface area contributed by atoms with Gasteiger partial charge in [0.2, 0.25) is 11.8 Å². The van der Waals surface area contributed by atoms with Gasteiger partial charge in [0.1, 0.15) is 6.04 Å². The maximum atomic E-state index is 12.5. The van der Waals surface area contributed by atoms with E-state index in [1.807, 2.05) is 6.92 Å². The van der Waals surface area contributed by atoms with Crippen LogP contribution < -0.4 is 5.73 Å². The summed E-state index contributed by atoms with van der Waals surface area (Å²) < 4.78 is 0. The van der Waals surface area contributed by atoms with Crippen LogP contribution in [0.2, 0.25) is 0 Å². The fourth-order valence-electron chi connectivity index (χ4n) is 2.32. The quantitative estimate of drug-likeness (QED) is 0.797. The molecule has 0 aliphatic carbocycles. The van der Waals surface area contributed by atoms with Crippen LogP contribution >= 0.6 is 0 Å². The van der Waals surface area contributed by atoms with Crippen molar-refractivity contribution in [3.05, 3.63) is 29.6 Å². The average Bonchev–Trinajstić information content (AvgIpc) is 2.46. The molecule has 112 valence electrons. The number of carbonyl (C=O) groups is 3. The van der Waals surface area contributed by atoms with E-state index in [-0.39, 0.29) is 24.9 Å². The molecule has 0 saturated carbocycles. The molecule has 1 aromatic heterocycles. The van der Waals surface area contributed by atoms with Crippen molar-refractivity contribution in [1.82, 2.24) is 14.8 Å². The number of carbonyl (C=O) groups excluding carboxylic acids is 3. The van der Waals surface area contributed by atoms with Crippen molar-refractivity contribution in [3.63, 3.8) is 0 Å². The van der Waals surface area contributed by atoms with Gasteiger partial charge in [0.05, 0.1) is 12.1 Å². The molecule has 2 rings (SSSR count). The molecule has 0 radical (unpaired) electrons. The highest BCUT2D eigenvalue weighted by atomic mass is 16.2. The molecule has 1 atom stereocenters. The molecule has 0 unspecified atom stereocenters. The Morgan fingerprint density at radius 3 is 2.52 bits per heavy atom. The highest BCUT2D eigenvalue weighted by molar-refractivity contribution is 5.97. The standard InChI is InChI=1S/C14H18N4O3/c1-9-3-4-11(7-16-9)14(21)18-6-5-17(10(2)19)8-12(18)13(15)20/h3-4,7,12H,5-6,8H2,1-2H3,(H2,15,20)/t12-/m0/s1. The SMILES string of the molecule is CC(=O)N1CCN(C(=O)c2ccc(C)nc2)[C@H](C(N)=O)C1. The van der Waals surface area contributed by atoms with Gasteiger partial charge in [-0.1, -0.05) is 0 Å². The molecular formula is C14H18N4O3. The van der Waals surface area contributed by atoms with Crippen molar-refractivity contribution in [1.29, 1.82) is 0 Å².